The van der Waals surface area contributed by atoms with Crippen molar-refractivity contribution in [2.24, 2.45) is 0 Å². The number of thioether (sulfide) groups is 1. The Morgan fingerprint density at radius 1 is 1.27 bits per heavy atom. The quantitative estimate of drug-likeness (QED) is 0.236. The Morgan fingerprint density at radius 3 is 2.73 bits per heavy atom. The van der Waals surface area contributed by atoms with Gasteiger partial charge in [0.1, 0.15) is 16.8 Å². The Labute approximate surface area is 226 Å². The van der Waals surface area contributed by atoms with E-state index in [1.807, 2.05) is 23.6 Å². The van der Waals surface area contributed by atoms with Gasteiger partial charge in [-0.25, -0.2) is 0 Å². The minimum Gasteiger partial charge on any atom is -0.483 e. The van der Waals surface area contributed by atoms with Gasteiger partial charge in [-0.1, -0.05) is 49.7 Å². The number of ether oxygens (including phenoxy) is 1. The van der Waals surface area contributed by atoms with Gasteiger partial charge in [-0.2, -0.15) is 5.26 Å². The predicted molar refractivity (Wildman–Crippen MR) is 149 cm³/mol. The molecule has 3 aromatic rings. The van der Waals surface area contributed by atoms with Crippen molar-refractivity contribution in [2.75, 3.05) is 11.1 Å². The number of amides is 1. The summed E-state index contributed by atoms with van der Waals surface area (Å²) in [6, 6.07) is 10.4. The standard InChI is InChI=1S/C28H33N5O2S2/c1-4-16-33-26(19(3)35-21-14-12-20(5-2)13-15-21)31-32-28(33)36-18-25(34)30-27-23(17-29)22-10-8-6-7-9-11-24(22)37-27/h4,12-15,19H,1,5-11,16,18H2,2-3H3,(H,30,34). The average molecular weight is 536 g/mol. The monoisotopic (exact) mass is 535 g/mol. The number of fused-ring (bicyclic) bond motifs is 1. The van der Waals surface area contributed by atoms with E-state index in [0.717, 1.165) is 43.4 Å². The first kappa shape index (κ1) is 27.0. The lowest BCUT2D eigenvalue weighted by atomic mass is 9.97. The van der Waals surface area contributed by atoms with Gasteiger partial charge >= 0.3 is 0 Å². The first-order chi connectivity index (χ1) is 18.0. The molecule has 9 heteroatoms. The maximum absolute atomic E-state index is 12.9. The molecule has 0 bridgehead atoms. The molecule has 0 saturated heterocycles. The van der Waals surface area contributed by atoms with Crippen LogP contribution in [0.5, 0.6) is 5.75 Å². The number of aryl methyl sites for hydroxylation is 2. The number of hydrogen-bond acceptors (Lipinski definition) is 7. The highest BCUT2D eigenvalue weighted by atomic mass is 32.2. The van der Waals surface area contributed by atoms with Crippen LogP contribution in [0.2, 0.25) is 0 Å². The van der Waals surface area contributed by atoms with Crippen LogP contribution >= 0.6 is 23.1 Å². The maximum Gasteiger partial charge on any atom is 0.235 e. The molecule has 0 spiro atoms. The van der Waals surface area contributed by atoms with E-state index in [-0.39, 0.29) is 17.8 Å². The number of benzene rings is 1. The number of aromatic nitrogens is 3. The Balaban J connectivity index is 1.42. The molecule has 1 atom stereocenters. The molecule has 0 fully saturated rings. The number of allylic oxidation sites excluding steroid dienone is 1. The molecular formula is C28H33N5O2S2. The van der Waals surface area contributed by atoms with Crippen LogP contribution in [0.25, 0.3) is 0 Å². The highest BCUT2D eigenvalue weighted by Crippen LogP contribution is 2.36. The summed E-state index contributed by atoms with van der Waals surface area (Å²) >= 11 is 2.87. The zero-order chi connectivity index (χ0) is 26.2. The summed E-state index contributed by atoms with van der Waals surface area (Å²) < 4.78 is 8.04. The van der Waals surface area contributed by atoms with E-state index in [1.165, 1.54) is 35.0 Å². The number of nitriles is 1. The Hall–Kier alpha value is -3.09. The number of thiophene rings is 1. The minimum absolute atomic E-state index is 0.161. The summed E-state index contributed by atoms with van der Waals surface area (Å²) in [5.74, 6) is 1.44. The maximum atomic E-state index is 12.9. The Kier molecular flexibility index (Phi) is 9.42. The number of carbonyl (C=O) groups excluding carboxylic acids is 1. The van der Waals surface area contributed by atoms with Crippen LogP contribution in [0.15, 0.2) is 42.1 Å². The molecule has 2 heterocycles. The molecule has 0 radical (unpaired) electrons. The molecule has 0 aliphatic heterocycles. The van der Waals surface area contributed by atoms with Crippen molar-refractivity contribution in [1.29, 1.82) is 5.26 Å². The second kappa shape index (κ2) is 12.9. The SMILES string of the molecule is C=CCn1c(SCC(=O)Nc2sc3c(c2C#N)CCCCCC3)nnc1C(C)Oc1ccc(CC)cc1. The first-order valence-corrected chi connectivity index (χ1v) is 14.6. The third-order valence-corrected chi connectivity index (χ3v) is 8.61. The van der Waals surface area contributed by atoms with Crippen LogP contribution < -0.4 is 10.1 Å². The van der Waals surface area contributed by atoms with E-state index < -0.39 is 0 Å². The number of carbonyl (C=O) groups is 1. The Morgan fingerprint density at radius 2 is 2.03 bits per heavy atom. The van der Waals surface area contributed by atoms with E-state index in [4.69, 9.17) is 4.74 Å². The van der Waals surface area contributed by atoms with Gasteiger partial charge in [0.25, 0.3) is 0 Å². The average Bonchev–Trinajstić information content (AvgIpc) is 3.43. The molecule has 2 aromatic heterocycles. The fourth-order valence-electron chi connectivity index (χ4n) is 4.49. The van der Waals surface area contributed by atoms with Crippen LogP contribution in [0.3, 0.4) is 0 Å². The Bertz CT molecular complexity index is 1270. The number of nitrogens with zero attached hydrogens (tertiary/aromatic N) is 4. The zero-order valence-electron chi connectivity index (χ0n) is 21.5. The lowest BCUT2D eigenvalue weighted by molar-refractivity contribution is -0.113. The van der Waals surface area contributed by atoms with Crippen molar-refractivity contribution < 1.29 is 9.53 Å². The molecule has 194 valence electrons. The van der Waals surface area contributed by atoms with Crippen LogP contribution in [0.4, 0.5) is 5.00 Å². The number of nitrogens with one attached hydrogen (secondary N) is 1. The molecule has 4 rings (SSSR count). The summed E-state index contributed by atoms with van der Waals surface area (Å²) in [6.07, 6.45) is 8.97. The van der Waals surface area contributed by atoms with Gasteiger partial charge in [0, 0.05) is 11.4 Å². The van der Waals surface area contributed by atoms with Gasteiger partial charge in [-0.3, -0.25) is 9.36 Å². The van der Waals surface area contributed by atoms with Crippen LogP contribution in [0.1, 0.15) is 73.0 Å². The van der Waals surface area contributed by atoms with Crippen molar-refractivity contribution >= 4 is 34.0 Å². The van der Waals surface area contributed by atoms with Crippen LogP contribution in [-0.4, -0.2) is 26.4 Å². The fraction of sp³-hybridized carbons (Fsp3) is 0.429. The van der Waals surface area contributed by atoms with Crippen LogP contribution in [-0.2, 0) is 30.6 Å². The summed E-state index contributed by atoms with van der Waals surface area (Å²) in [7, 11) is 0. The van der Waals surface area contributed by atoms with Crippen molar-refractivity contribution in [3.05, 3.63) is 64.3 Å². The van der Waals surface area contributed by atoms with Gasteiger partial charge in [0.15, 0.2) is 17.1 Å². The summed E-state index contributed by atoms with van der Waals surface area (Å²) in [6.45, 7) is 8.42. The molecule has 1 amide bonds. The molecule has 37 heavy (non-hydrogen) atoms. The zero-order valence-corrected chi connectivity index (χ0v) is 23.1. The summed E-state index contributed by atoms with van der Waals surface area (Å²) in [5.41, 5.74) is 3.02. The minimum atomic E-state index is -0.327. The molecule has 1 N–H and O–H groups in total. The van der Waals surface area contributed by atoms with E-state index in [1.54, 1.807) is 17.4 Å². The van der Waals surface area contributed by atoms with Gasteiger partial charge in [0.05, 0.1) is 11.3 Å². The molecule has 1 aliphatic rings. The normalized spacial score (nSPS) is 14.1. The molecular weight excluding hydrogens is 502 g/mol. The summed E-state index contributed by atoms with van der Waals surface area (Å²) in [5, 5.41) is 22.8. The van der Waals surface area contributed by atoms with Crippen LogP contribution in [0, 0.1) is 11.3 Å². The van der Waals surface area contributed by atoms with Gasteiger partial charge < -0.3 is 10.1 Å². The number of rotatable bonds is 10. The number of hydrogen-bond donors (Lipinski definition) is 1. The van der Waals surface area contributed by atoms with E-state index >= 15 is 0 Å². The van der Waals surface area contributed by atoms with Gasteiger partial charge in [0.2, 0.25) is 5.91 Å². The fourth-order valence-corrected chi connectivity index (χ4v) is 6.50. The largest absolute Gasteiger partial charge is 0.483 e. The lowest BCUT2D eigenvalue weighted by Crippen LogP contribution is -2.15. The third-order valence-electron chi connectivity index (χ3n) is 6.43. The highest BCUT2D eigenvalue weighted by Gasteiger charge is 2.22. The second-order valence-corrected chi connectivity index (χ2v) is 11.1. The van der Waals surface area contributed by atoms with E-state index in [2.05, 4.69) is 47.2 Å². The smallest absolute Gasteiger partial charge is 0.235 e. The molecule has 7 nitrogen and oxygen atoms in total. The highest BCUT2D eigenvalue weighted by molar-refractivity contribution is 7.99. The summed E-state index contributed by atoms with van der Waals surface area (Å²) in [4.78, 5) is 14.1. The second-order valence-electron chi connectivity index (χ2n) is 9.07. The van der Waals surface area contributed by atoms with Crippen molar-refractivity contribution in [3.8, 4) is 11.8 Å². The van der Waals surface area contributed by atoms with E-state index in [9.17, 15) is 10.1 Å². The molecule has 1 unspecified atom stereocenters. The molecule has 1 aromatic carbocycles. The van der Waals surface area contributed by atoms with Crippen molar-refractivity contribution in [1.82, 2.24) is 14.8 Å². The van der Waals surface area contributed by atoms with Crippen molar-refractivity contribution in [2.45, 2.75) is 76.6 Å². The lowest BCUT2D eigenvalue weighted by Gasteiger charge is -2.16. The third kappa shape index (κ3) is 6.62. The van der Waals surface area contributed by atoms with Crippen molar-refractivity contribution in [3.63, 3.8) is 0 Å². The van der Waals surface area contributed by atoms with E-state index in [0.29, 0.717) is 28.1 Å². The molecule has 0 saturated carbocycles. The first-order valence-electron chi connectivity index (χ1n) is 12.8. The van der Waals surface area contributed by atoms with Gasteiger partial charge in [-0.05, 0) is 62.3 Å². The predicted octanol–water partition coefficient (Wildman–Crippen LogP) is 6.49. The topological polar surface area (TPSA) is 92.8 Å². The molecule has 1 aliphatic carbocycles. The number of anilines is 1. The van der Waals surface area contributed by atoms with Gasteiger partial charge in [-0.15, -0.1) is 28.1 Å².